The van der Waals surface area contributed by atoms with Crippen LogP contribution in [0.5, 0.6) is 0 Å². The van der Waals surface area contributed by atoms with Gasteiger partial charge in [0.2, 0.25) is 11.9 Å². The quantitative estimate of drug-likeness (QED) is 0.505. The highest BCUT2D eigenvalue weighted by atomic mass is 19.1. The third-order valence-electron chi connectivity index (χ3n) is 5.78. The van der Waals surface area contributed by atoms with E-state index in [2.05, 4.69) is 27.9 Å². The maximum absolute atomic E-state index is 13.2. The SMILES string of the molecule is CCCOC1=C(C(N)=O)CC(c2cnc(F)c(C)c2)C=C1.Cn1cc(CCO)c2ccccc21. The number of nitrogens with zero attached hydrogens (tertiary/aromatic N) is 2. The molecule has 34 heavy (non-hydrogen) atoms. The van der Waals surface area contributed by atoms with Crippen LogP contribution in [0, 0.1) is 12.9 Å². The fraction of sp³-hybridized carbons (Fsp3) is 0.333. The summed E-state index contributed by atoms with van der Waals surface area (Å²) in [5, 5.41) is 10.1. The van der Waals surface area contributed by atoms with Crippen LogP contribution < -0.4 is 5.73 Å². The van der Waals surface area contributed by atoms with Crippen LogP contribution in [0.4, 0.5) is 4.39 Å². The number of benzene rings is 1. The Kier molecular flexibility index (Phi) is 8.60. The molecule has 0 aliphatic heterocycles. The molecule has 0 bridgehead atoms. The number of aliphatic hydroxyl groups is 1. The number of amides is 1. The van der Waals surface area contributed by atoms with Crippen molar-refractivity contribution >= 4 is 16.8 Å². The van der Waals surface area contributed by atoms with Gasteiger partial charge < -0.3 is 20.1 Å². The number of ether oxygens (including phenoxy) is 1. The van der Waals surface area contributed by atoms with Gasteiger partial charge in [0.05, 0.1) is 12.2 Å². The Morgan fingerprint density at radius 2 is 2.12 bits per heavy atom. The van der Waals surface area contributed by atoms with Crippen molar-refractivity contribution < 1.29 is 19.0 Å². The maximum atomic E-state index is 13.2. The Morgan fingerprint density at radius 1 is 1.35 bits per heavy atom. The minimum Gasteiger partial charge on any atom is -0.493 e. The number of aliphatic hydroxyl groups excluding tert-OH is 1. The van der Waals surface area contributed by atoms with Gasteiger partial charge in [-0.3, -0.25) is 4.79 Å². The summed E-state index contributed by atoms with van der Waals surface area (Å²) < 4.78 is 20.9. The van der Waals surface area contributed by atoms with Gasteiger partial charge >= 0.3 is 0 Å². The molecule has 1 aliphatic rings. The molecule has 2 heterocycles. The first kappa shape index (κ1) is 25.2. The zero-order valence-corrected chi connectivity index (χ0v) is 19.9. The number of primary amides is 1. The number of fused-ring (bicyclic) bond motifs is 1. The molecule has 2 aromatic heterocycles. The lowest BCUT2D eigenvalue weighted by molar-refractivity contribution is -0.115. The Bertz CT molecular complexity index is 1210. The molecule has 3 N–H and O–H groups in total. The van der Waals surface area contributed by atoms with E-state index in [-0.39, 0.29) is 12.5 Å². The summed E-state index contributed by atoms with van der Waals surface area (Å²) >= 11 is 0. The summed E-state index contributed by atoms with van der Waals surface area (Å²) in [6, 6.07) is 10.00. The molecule has 1 amide bonds. The predicted molar refractivity (Wildman–Crippen MR) is 132 cm³/mol. The molecule has 7 heteroatoms. The predicted octanol–water partition coefficient (Wildman–Crippen LogP) is 4.45. The number of allylic oxidation sites excluding steroid dienone is 2. The smallest absolute Gasteiger partial charge is 0.248 e. The lowest BCUT2D eigenvalue weighted by Crippen LogP contribution is -2.20. The number of para-hydroxylation sites is 1. The van der Waals surface area contributed by atoms with Crippen LogP contribution in [0.2, 0.25) is 0 Å². The number of nitrogens with two attached hydrogens (primary N) is 1. The number of carbonyl (C=O) groups is 1. The van der Waals surface area contributed by atoms with Gasteiger partial charge in [-0.2, -0.15) is 4.39 Å². The zero-order valence-electron chi connectivity index (χ0n) is 19.9. The largest absolute Gasteiger partial charge is 0.493 e. The summed E-state index contributed by atoms with van der Waals surface area (Å²) in [5.41, 5.74) is 9.70. The van der Waals surface area contributed by atoms with Gasteiger partial charge in [0.1, 0.15) is 5.76 Å². The molecule has 1 aromatic carbocycles. The van der Waals surface area contributed by atoms with Gasteiger partial charge in [0.15, 0.2) is 0 Å². The number of pyridine rings is 1. The average molecular weight is 466 g/mol. The highest BCUT2D eigenvalue weighted by Crippen LogP contribution is 2.32. The maximum Gasteiger partial charge on any atom is 0.248 e. The van der Waals surface area contributed by atoms with Gasteiger partial charge in [-0.1, -0.05) is 31.2 Å². The molecule has 0 radical (unpaired) electrons. The molecule has 0 spiro atoms. The van der Waals surface area contributed by atoms with Crippen molar-refractivity contribution in [3.63, 3.8) is 0 Å². The normalized spacial score (nSPS) is 15.3. The van der Waals surface area contributed by atoms with E-state index in [1.807, 2.05) is 32.2 Å². The fourth-order valence-electron chi connectivity index (χ4n) is 4.02. The van der Waals surface area contributed by atoms with E-state index in [1.54, 1.807) is 19.1 Å². The van der Waals surface area contributed by atoms with E-state index in [4.69, 9.17) is 15.6 Å². The minimum absolute atomic E-state index is 0.0479. The average Bonchev–Trinajstić information content (AvgIpc) is 3.15. The highest BCUT2D eigenvalue weighted by molar-refractivity contribution is 5.93. The number of rotatable bonds is 7. The molecule has 0 saturated carbocycles. The third-order valence-corrected chi connectivity index (χ3v) is 5.78. The molecule has 1 unspecified atom stereocenters. The van der Waals surface area contributed by atoms with Gasteiger partial charge in [0.25, 0.3) is 0 Å². The van der Waals surface area contributed by atoms with Gasteiger partial charge in [-0.25, -0.2) is 4.98 Å². The molecular weight excluding hydrogens is 433 g/mol. The van der Waals surface area contributed by atoms with Crippen molar-refractivity contribution in [2.75, 3.05) is 13.2 Å². The lowest BCUT2D eigenvalue weighted by Gasteiger charge is -2.21. The molecule has 3 aromatic rings. The van der Waals surface area contributed by atoms with Gasteiger partial charge in [-0.05, 0) is 55.5 Å². The Morgan fingerprint density at radius 3 is 2.79 bits per heavy atom. The number of halogens is 1. The summed E-state index contributed by atoms with van der Waals surface area (Å²) in [4.78, 5) is 15.3. The van der Waals surface area contributed by atoms with E-state index < -0.39 is 11.9 Å². The second kappa shape index (κ2) is 11.6. The Labute approximate surface area is 199 Å². The molecule has 180 valence electrons. The van der Waals surface area contributed by atoms with Crippen molar-refractivity contribution in [1.82, 2.24) is 9.55 Å². The summed E-state index contributed by atoms with van der Waals surface area (Å²) in [5.74, 6) is -0.473. The van der Waals surface area contributed by atoms with Crippen molar-refractivity contribution in [2.24, 2.45) is 12.8 Å². The number of hydrogen-bond donors (Lipinski definition) is 2. The van der Waals surface area contributed by atoms with E-state index >= 15 is 0 Å². The Hall–Kier alpha value is -3.45. The second-order valence-electron chi connectivity index (χ2n) is 8.36. The standard InChI is InChI=1S/C16H19FN2O2.C11H13NO/c1-3-6-21-14-5-4-11(8-13(14)16(18)20)12-7-10(2)15(17)19-9-12;1-12-8-9(6-7-13)10-4-2-3-5-11(10)12/h4-5,7,9,11H,3,6,8H2,1-2H3,(H2,18,20);2-5,8,13H,6-7H2,1H3. The summed E-state index contributed by atoms with van der Waals surface area (Å²) in [7, 11) is 2.03. The first-order valence-corrected chi connectivity index (χ1v) is 11.5. The van der Waals surface area contributed by atoms with E-state index in [0.717, 1.165) is 18.4 Å². The number of aromatic nitrogens is 2. The number of hydrogen-bond acceptors (Lipinski definition) is 4. The number of aryl methyl sites for hydroxylation is 2. The molecule has 1 atom stereocenters. The van der Waals surface area contributed by atoms with Crippen molar-refractivity contribution in [1.29, 1.82) is 0 Å². The van der Waals surface area contributed by atoms with Gasteiger partial charge in [-0.15, -0.1) is 0 Å². The van der Waals surface area contributed by atoms with Crippen LogP contribution in [-0.4, -0.2) is 33.8 Å². The molecule has 6 nitrogen and oxygen atoms in total. The van der Waals surface area contributed by atoms with Crippen LogP contribution in [0.3, 0.4) is 0 Å². The summed E-state index contributed by atoms with van der Waals surface area (Å²) in [6.45, 7) is 4.41. The van der Waals surface area contributed by atoms with E-state index in [0.29, 0.717) is 29.9 Å². The second-order valence-corrected chi connectivity index (χ2v) is 8.36. The molecule has 0 saturated heterocycles. The van der Waals surface area contributed by atoms with Crippen LogP contribution >= 0.6 is 0 Å². The molecule has 4 rings (SSSR count). The Balaban J connectivity index is 0.000000212. The van der Waals surface area contributed by atoms with Crippen molar-refractivity contribution in [3.05, 3.63) is 88.8 Å². The van der Waals surface area contributed by atoms with Crippen molar-refractivity contribution in [3.8, 4) is 0 Å². The zero-order chi connectivity index (χ0) is 24.7. The first-order chi connectivity index (χ1) is 16.3. The number of carbonyl (C=O) groups excluding carboxylic acids is 1. The first-order valence-electron chi connectivity index (χ1n) is 11.5. The monoisotopic (exact) mass is 465 g/mol. The molecule has 0 fully saturated rings. The topological polar surface area (TPSA) is 90.4 Å². The van der Waals surface area contributed by atoms with Crippen molar-refractivity contribution in [2.45, 2.75) is 39.0 Å². The van der Waals surface area contributed by atoms with E-state index in [1.165, 1.54) is 22.7 Å². The lowest BCUT2D eigenvalue weighted by atomic mass is 9.87. The third kappa shape index (κ3) is 5.91. The van der Waals surface area contributed by atoms with Crippen LogP contribution in [0.25, 0.3) is 10.9 Å². The summed E-state index contributed by atoms with van der Waals surface area (Å²) in [6.07, 6.45) is 9.32. The van der Waals surface area contributed by atoms with Crippen LogP contribution in [0.15, 0.2) is 66.2 Å². The van der Waals surface area contributed by atoms with Gasteiger partial charge in [0, 0.05) is 48.4 Å². The van der Waals surface area contributed by atoms with E-state index in [9.17, 15) is 9.18 Å². The van der Waals surface area contributed by atoms with Crippen LogP contribution in [0.1, 0.15) is 42.4 Å². The fourth-order valence-corrected chi connectivity index (χ4v) is 4.02. The highest BCUT2D eigenvalue weighted by Gasteiger charge is 2.23. The molecular formula is C27H32FN3O3. The minimum atomic E-state index is -0.484. The molecule has 1 aliphatic carbocycles. The van der Waals surface area contributed by atoms with Crippen LogP contribution in [-0.2, 0) is 23.0 Å².